The van der Waals surface area contributed by atoms with E-state index in [9.17, 15) is 9.59 Å². The minimum Gasteiger partial charge on any atom is -0.488 e. The Morgan fingerprint density at radius 1 is 1.19 bits per heavy atom. The van der Waals surface area contributed by atoms with E-state index < -0.39 is 6.04 Å². The number of ether oxygens (including phenoxy) is 1. The molecule has 2 atom stereocenters. The summed E-state index contributed by atoms with van der Waals surface area (Å²) in [4.78, 5) is 26.7. The van der Waals surface area contributed by atoms with E-state index in [0.29, 0.717) is 29.8 Å². The number of nitriles is 1. The molecule has 2 amide bonds. The highest BCUT2D eigenvalue weighted by Gasteiger charge is 2.40. The fourth-order valence-electron chi connectivity index (χ4n) is 3.10. The summed E-state index contributed by atoms with van der Waals surface area (Å²) in [6, 6.07) is 17.2. The molecule has 6 nitrogen and oxygen atoms in total. The third-order valence-corrected chi connectivity index (χ3v) is 4.36. The van der Waals surface area contributed by atoms with E-state index in [1.165, 1.54) is 11.0 Å². The van der Waals surface area contributed by atoms with Gasteiger partial charge in [0, 0.05) is 19.0 Å². The first-order chi connectivity index (χ1) is 12.6. The Hall–Kier alpha value is -3.33. The molecule has 0 aromatic heterocycles. The third kappa shape index (κ3) is 3.67. The fraction of sp³-hybridized carbons (Fsp3) is 0.250. The smallest absolute Gasteiger partial charge is 0.254 e. The van der Waals surface area contributed by atoms with Crippen molar-refractivity contribution in [3.05, 3.63) is 65.7 Å². The summed E-state index contributed by atoms with van der Waals surface area (Å²) in [5.41, 5.74) is 0.793. The molecule has 3 rings (SSSR count). The van der Waals surface area contributed by atoms with Gasteiger partial charge in [-0.2, -0.15) is 5.26 Å². The number of nitrogens with zero attached hydrogens (tertiary/aromatic N) is 2. The zero-order valence-corrected chi connectivity index (χ0v) is 14.4. The molecule has 1 fully saturated rings. The maximum atomic E-state index is 12.9. The summed E-state index contributed by atoms with van der Waals surface area (Å²) in [5, 5.41) is 11.6. The second-order valence-electron chi connectivity index (χ2n) is 6.07. The van der Waals surface area contributed by atoms with Crippen LogP contribution < -0.4 is 10.1 Å². The van der Waals surface area contributed by atoms with Crippen LogP contribution in [0.25, 0.3) is 0 Å². The first kappa shape index (κ1) is 17.5. The van der Waals surface area contributed by atoms with Crippen LogP contribution in [-0.2, 0) is 4.79 Å². The minimum absolute atomic E-state index is 0.228. The van der Waals surface area contributed by atoms with E-state index in [-0.39, 0.29) is 17.9 Å². The number of amides is 2. The molecule has 0 bridgehead atoms. The third-order valence-electron chi connectivity index (χ3n) is 4.36. The van der Waals surface area contributed by atoms with Crippen LogP contribution in [-0.4, -0.2) is 42.5 Å². The van der Waals surface area contributed by atoms with E-state index in [1.807, 2.05) is 36.4 Å². The molecule has 0 saturated carbocycles. The van der Waals surface area contributed by atoms with Crippen LogP contribution in [0.3, 0.4) is 0 Å². The summed E-state index contributed by atoms with van der Waals surface area (Å²) in [5.74, 6) is 0.192. The summed E-state index contributed by atoms with van der Waals surface area (Å²) < 4.78 is 5.94. The minimum atomic E-state index is -0.605. The molecule has 1 N–H and O–H groups in total. The van der Waals surface area contributed by atoms with Crippen molar-refractivity contribution in [3.63, 3.8) is 0 Å². The number of para-hydroxylation sites is 1. The number of nitrogens with one attached hydrogen (secondary N) is 1. The average Bonchev–Trinajstić information content (AvgIpc) is 3.11. The number of benzene rings is 2. The van der Waals surface area contributed by atoms with Crippen molar-refractivity contribution in [2.24, 2.45) is 0 Å². The van der Waals surface area contributed by atoms with E-state index in [1.54, 1.807) is 25.2 Å². The van der Waals surface area contributed by atoms with Gasteiger partial charge in [-0.1, -0.05) is 24.3 Å². The monoisotopic (exact) mass is 349 g/mol. The second kappa shape index (κ2) is 7.70. The normalized spacial score (nSPS) is 18.8. The molecule has 0 spiro atoms. The fourth-order valence-corrected chi connectivity index (χ4v) is 3.10. The molecular formula is C20H19N3O3. The van der Waals surface area contributed by atoms with Crippen LogP contribution in [0.4, 0.5) is 0 Å². The topological polar surface area (TPSA) is 82.4 Å². The first-order valence-corrected chi connectivity index (χ1v) is 8.37. The maximum absolute atomic E-state index is 12.9. The molecule has 0 aliphatic carbocycles. The summed E-state index contributed by atoms with van der Waals surface area (Å²) in [7, 11) is 1.55. The van der Waals surface area contributed by atoms with Gasteiger partial charge in [-0.05, 0) is 30.3 Å². The SMILES string of the molecule is CNC(=O)[C@@H]1C[C@H](Oc2ccccc2)CN1C(=O)c1cccc(C#N)c1. The Balaban J connectivity index is 1.82. The van der Waals surface area contributed by atoms with Gasteiger partial charge in [-0.15, -0.1) is 0 Å². The Bertz CT molecular complexity index is 845. The number of likely N-dealkylation sites (N-methyl/N-ethyl adjacent to an activating group) is 1. The summed E-state index contributed by atoms with van der Waals surface area (Å²) >= 11 is 0. The van der Waals surface area contributed by atoms with Crippen molar-refractivity contribution in [1.82, 2.24) is 10.2 Å². The number of hydrogen-bond acceptors (Lipinski definition) is 4. The maximum Gasteiger partial charge on any atom is 0.254 e. The van der Waals surface area contributed by atoms with Gasteiger partial charge in [-0.25, -0.2) is 0 Å². The largest absolute Gasteiger partial charge is 0.488 e. The van der Waals surface area contributed by atoms with Gasteiger partial charge in [0.25, 0.3) is 5.91 Å². The van der Waals surface area contributed by atoms with Crippen molar-refractivity contribution in [2.45, 2.75) is 18.6 Å². The van der Waals surface area contributed by atoms with Crippen LogP contribution in [0.2, 0.25) is 0 Å². The van der Waals surface area contributed by atoms with Crippen LogP contribution >= 0.6 is 0 Å². The van der Waals surface area contributed by atoms with Gasteiger partial charge in [0.2, 0.25) is 5.91 Å². The molecule has 2 aromatic rings. The lowest BCUT2D eigenvalue weighted by atomic mass is 10.1. The predicted molar refractivity (Wildman–Crippen MR) is 95.5 cm³/mol. The Kier molecular flexibility index (Phi) is 5.18. The van der Waals surface area contributed by atoms with Crippen LogP contribution in [0, 0.1) is 11.3 Å². The molecule has 0 unspecified atom stereocenters. The number of carbonyl (C=O) groups excluding carboxylic acids is 2. The van der Waals surface area contributed by atoms with Crippen LogP contribution in [0.5, 0.6) is 5.75 Å². The number of hydrogen-bond donors (Lipinski definition) is 1. The molecule has 1 aliphatic heterocycles. The number of carbonyl (C=O) groups is 2. The highest BCUT2D eigenvalue weighted by atomic mass is 16.5. The average molecular weight is 349 g/mol. The molecule has 1 heterocycles. The Morgan fingerprint density at radius 2 is 1.96 bits per heavy atom. The molecule has 1 aliphatic rings. The molecule has 0 radical (unpaired) electrons. The highest BCUT2D eigenvalue weighted by Crippen LogP contribution is 2.25. The van der Waals surface area contributed by atoms with E-state index >= 15 is 0 Å². The summed E-state index contributed by atoms with van der Waals surface area (Å²) in [6.45, 7) is 0.308. The van der Waals surface area contributed by atoms with Crippen molar-refractivity contribution in [3.8, 4) is 11.8 Å². The van der Waals surface area contributed by atoms with Gasteiger partial charge >= 0.3 is 0 Å². The van der Waals surface area contributed by atoms with Gasteiger partial charge in [0.05, 0.1) is 18.2 Å². The highest BCUT2D eigenvalue weighted by molar-refractivity contribution is 5.98. The van der Waals surface area contributed by atoms with Crippen LogP contribution in [0.1, 0.15) is 22.3 Å². The molecule has 1 saturated heterocycles. The molecule has 2 aromatic carbocycles. The lowest BCUT2D eigenvalue weighted by Crippen LogP contribution is -2.45. The molecule has 26 heavy (non-hydrogen) atoms. The zero-order valence-electron chi connectivity index (χ0n) is 14.4. The predicted octanol–water partition coefficient (Wildman–Crippen LogP) is 1.97. The molecule has 132 valence electrons. The Morgan fingerprint density at radius 3 is 2.65 bits per heavy atom. The van der Waals surface area contributed by atoms with Gasteiger partial charge < -0.3 is 15.0 Å². The van der Waals surface area contributed by atoms with E-state index in [4.69, 9.17) is 10.00 Å². The molecule has 6 heteroatoms. The Labute approximate surface area is 152 Å². The second-order valence-corrected chi connectivity index (χ2v) is 6.07. The lowest BCUT2D eigenvalue weighted by Gasteiger charge is -2.23. The standard InChI is InChI=1S/C20H19N3O3/c1-22-19(24)18-11-17(26-16-8-3-2-4-9-16)13-23(18)20(25)15-7-5-6-14(10-15)12-21/h2-10,17-18H,11,13H2,1H3,(H,22,24)/t17-,18-/m0/s1. The van der Waals surface area contributed by atoms with Crippen molar-refractivity contribution in [1.29, 1.82) is 5.26 Å². The number of rotatable bonds is 4. The van der Waals surface area contributed by atoms with Crippen molar-refractivity contribution in [2.75, 3.05) is 13.6 Å². The first-order valence-electron chi connectivity index (χ1n) is 8.37. The van der Waals surface area contributed by atoms with E-state index in [0.717, 1.165) is 0 Å². The lowest BCUT2D eigenvalue weighted by molar-refractivity contribution is -0.124. The zero-order chi connectivity index (χ0) is 18.5. The quantitative estimate of drug-likeness (QED) is 0.915. The van der Waals surface area contributed by atoms with Crippen molar-refractivity contribution < 1.29 is 14.3 Å². The van der Waals surface area contributed by atoms with Crippen LogP contribution in [0.15, 0.2) is 54.6 Å². The van der Waals surface area contributed by atoms with Gasteiger partial charge in [-0.3, -0.25) is 9.59 Å². The van der Waals surface area contributed by atoms with Crippen molar-refractivity contribution >= 4 is 11.8 Å². The van der Waals surface area contributed by atoms with Gasteiger partial charge in [0.1, 0.15) is 17.9 Å². The summed E-state index contributed by atoms with van der Waals surface area (Å²) in [6.07, 6.45) is 0.140. The van der Waals surface area contributed by atoms with Gasteiger partial charge in [0.15, 0.2) is 0 Å². The van der Waals surface area contributed by atoms with E-state index in [2.05, 4.69) is 5.32 Å². The number of likely N-dealkylation sites (tertiary alicyclic amines) is 1. The molecular weight excluding hydrogens is 330 g/mol.